The van der Waals surface area contributed by atoms with Crippen LogP contribution in [-0.2, 0) is 19.4 Å². The number of hydrogen-bond donors (Lipinski definition) is 2. The largest absolute Gasteiger partial charge is 0.339 e. The van der Waals surface area contributed by atoms with E-state index in [1.165, 1.54) is 16.2 Å². The molecule has 1 fully saturated rings. The van der Waals surface area contributed by atoms with Crippen molar-refractivity contribution in [2.24, 2.45) is 0 Å². The third-order valence-electron chi connectivity index (χ3n) is 6.90. The zero-order valence-corrected chi connectivity index (χ0v) is 22.7. The third kappa shape index (κ3) is 5.22. The molecular formula is C27H26N4O6S2. The zero-order valence-electron chi connectivity index (χ0n) is 21.0. The summed E-state index contributed by atoms with van der Waals surface area (Å²) < 4.78 is 31.1. The molecule has 39 heavy (non-hydrogen) atoms. The summed E-state index contributed by atoms with van der Waals surface area (Å²) in [5.74, 6) is -0.453. The minimum Gasteiger partial charge on any atom is -0.339 e. The predicted molar refractivity (Wildman–Crippen MR) is 145 cm³/mol. The SMILES string of the molecule is Cc1nc(-c2ccc(-c3ccc(C4(CC(=O)NO)CCN(C(=O)c5ccccc5)CCS4(=O)=O)s3)cc2)no1. The fraction of sp³-hybridized carbons (Fsp3) is 0.259. The van der Waals surface area contributed by atoms with Crippen LogP contribution < -0.4 is 5.48 Å². The van der Waals surface area contributed by atoms with Crippen molar-refractivity contribution < 1.29 is 27.7 Å². The van der Waals surface area contributed by atoms with Crippen LogP contribution in [0.1, 0.15) is 34.0 Å². The number of nitrogens with zero attached hydrogens (tertiary/aromatic N) is 3. The Balaban J connectivity index is 1.47. The number of benzene rings is 2. The lowest BCUT2D eigenvalue weighted by Crippen LogP contribution is -2.41. The lowest BCUT2D eigenvalue weighted by Gasteiger charge is -2.30. The summed E-state index contributed by atoms with van der Waals surface area (Å²) in [4.78, 5) is 32.6. The van der Waals surface area contributed by atoms with Crippen LogP contribution in [0.5, 0.6) is 0 Å². The van der Waals surface area contributed by atoms with Gasteiger partial charge >= 0.3 is 0 Å². The second-order valence-electron chi connectivity index (χ2n) is 9.31. The molecule has 1 saturated heterocycles. The highest BCUT2D eigenvalue weighted by Crippen LogP contribution is 2.45. The molecule has 3 heterocycles. The van der Waals surface area contributed by atoms with Crippen LogP contribution in [0.3, 0.4) is 0 Å². The van der Waals surface area contributed by atoms with Crippen molar-refractivity contribution in [3.05, 3.63) is 83.1 Å². The van der Waals surface area contributed by atoms with Crippen LogP contribution in [0.4, 0.5) is 0 Å². The maximum absolute atomic E-state index is 13.8. The molecule has 1 aliphatic rings. The normalized spacial score (nSPS) is 18.9. The van der Waals surface area contributed by atoms with Crippen molar-refractivity contribution in [3.8, 4) is 21.8 Å². The Hall–Kier alpha value is -3.87. The maximum atomic E-state index is 13.8. The van der Waals surface area contributed by atoms with Crippen molar-refractivity contribution in [1.29, 1.82) is 0 Å². The first kappa shape index (κ1) is 26.7. The molecule has 5 rings (SSSR count). The molecule has 2 N–H and O–H groups in total. The Morgan fingerprint density at radius 3 is 2.44 bits per heavy atom. The number of aryl methyl sites for hydroxylation is 1. The average Bonchev–Trinajstić information content (AvgIpc) is 3.59. The first-order valence-corrected chi connectivity index (χ1v) is 14.7. The average molecular weight is 567 g/mol. The van der Waals surface area contributed by atoms with Crippen LogP contribution in [0, 0.1) is 6.92 Å². The number of rotatable bonds is 6. The summed E-state index contributed by atoms with van der Waals surface area (Å²) in [5.41, 5.74) is 3.68. The Labute approximate surface area is 229 Å². The summed E-state index contributed by atoms with van der Waals surface area (Å²) >= 11 is 1.27. The lowest BCUT2D eigenvalue weighted by atomic mass is 9.97. The summed E-state index contributed by atoms with van der Waals surface area (Å²) in [6.45, 7) is 1.86. The standard InChI is InChI=1S/C27H26N4O6S2/c1-18-28-25(30-37-18)20-9-7-19(8-10-20)22-11-12-23(38-22)27(17-24(32)29-34)13-14-31(15-16-39(27,35)36)26(33)21-5-3-2-4-6-21/h2-12,34H,13-17H2,1H3,(H,29,32). The monoisotopic (exact) mass is 566 g/mol. The molecule has 2 amide bonds. The van der Waals surface area contributed by atoms with Gasteiger partial charge in [0.25, 0.3) is 5.91 Å². The van der Waals surface area contributed by atoms with Crippen LogP contribution in [-0.4, -0.2) is 59.3 Å². The number of hydrogen-bond acceptors (Lipinski definition) is 9. The first-order chi connectivity index (χ1) is 18.7. The van der Waals surface area contributed by atoms with E-state index in [0.29, 0.717) is 22.2 Å². The van der Waals surface area contributed by atoms with E-state index in [0.717, 1.165) is 16.0 Å². The number of aromatic nitrogens is 2. The van der Waals surface area contributed by atoms with Gasteiger partial charge in [-0.25, -0.2) is 13.9 Å². The first-order valence-electron chi connectivity index (χ1n) is 12.2. The molecule has 4 aromatic rings. The minimum atomic E-state index is -3.92. The molecule has 202 valence electrons. The fourth-order valence-electron chi connectivity index (χ4n) is 4.77. The molecule has 0 spiro atoms. The molecule has 0 saturated carbocycles. The number of amides is 2. The smallest absolute Gasteiger partial charge is 0.253 e. The topological polar surface area (TPSA) is 143 Å². The molecule has 1 atom stereocenters. The minimum absolute atomic E-state index is 0.00774. The molecule has 2 aromatic heterocycles. The summed E-state index contributed by atoms with van der Waals surface area (Å²) in [5, 5.41) is 13.2. The van der Waals surface area contributed by atoms with E-state index in [4.69, 9.17) is 4.52 Å². The van der Waals surface area contributed by atoms with E-state index < -0.39 is 26.9 Å². The number of carbonyl (C=O) groups is 2. The number of nitrogens with one attached hydrogen (secondary N) is 1. The number of carbonyl (C=O) groups excluding carboxylic acids is 2. The maximum Gasteiger partial charge on any atom is 0.253 e. The Morgan fingerprint density at radius 2 is 1.77 bits per heavy atom. The highest BCUT2D eigenvalue weighted by atomic mass is 32.2. The van der Waals surface area contributed by atoms with Crippen LogP contribution in [0.15, 0.2) is 71.3 Å². The van der Waals surface area contributed by atoms with Gasteiger partial charge in [-0.15, -0.1) is 11.3 Å². The highest BCUT2D eigenvalue weighted by Gasteiger charge is 2.49. The van der Waals surface area contributed by atoms with Crippen molar-refractivity contribution in [2.45, 2.75) is 24.5 Å². The van der Waals surface area contributed by atoms with Crippen molar-refractivity contribution >= 4 is 33.0 Å². The molecule has 0 bridgehead atoms. The predicted octanol–water partition coefficient (Wildman–Crippen LogP) is 3.83. The third-order valence-corrected chi connectivity index (χ3v) is 10.8. The fourth-order valence-corrected chi connectivity index (χ4v) is 8.38. The molecule has 1 aliphatic heterocycles. The van der Waals surface area contributed by atoms with Gasteiger partial charge in [-0.05, 0) is 36.2 Å². The van der Waals surface area contributed by atoms with Crippen molar-refractivity contribution in [1.82, 2.24) is 20.5 Å². The van der Waals surface area contributed by atoms with Crippen LogP contribution in [0.2, 0.25) is 0 Å². The van der Waals surface area contributed by atoms with Crippen molar-refractivity contribution in [3.63, 3.8) is 0 Å². The quantitative estimate of drug-likeness (QED) is 0.265. The van der Waals surface area contributed by atoms with Gasteiger partial charge < -0.3 is 9.42 Å². The molecule has 2 aromatic carbocycles. The number of thiophene rings is 1. The summed E-state index contributed by atoms with van der Waals surface area (Å²) in [7, 11) is -3.92. The molecule has 1 unspecified atom stereocenters. The van der Waals surface area contributed by atoms with E-state index in [-0.39, 0.29) is 31.2 Å². The van der Waals surface area contributed by atoms with Gasteiger partial charge in [0.2, 0.25) is 17.6 Å². The van der Waals surface area contributed by atoms with Gasteiger partial charge in [0.1, 0.15) is 4.75 Å². The van der Waals surface area contributed by atoms with E-state index in [2.05, 4.69) is 10.1 Å². The molecule has 10 nitrogen and oxygen atoms in total. The molecule has 0 aliphatic carbocycles. The van der Waals surface area contributed by atoms with E-state index in [1.54, 1.807) is 48.8 Å². The van der Waals surface area contributed by atoms with Gasteiger partial charge in [0.05, 0.1) is 12.2 Å². The Bertz CT molecular complexity index is 1600. The molecule has 12 heteroatoms. The van der Waals surface area contributed by atoms with Gasteiger partial charge in [0.15, 0.2) is 9.84 Å². The van der Waals surface area contributed by atoms with E-state index >= 15 is 0 Å². The molecular weight excluding hydrogens is 540 g/mol. The van der Waals surface area contributed by atoms with E-state index in [9.17, 15) is 23.2 Å². The Kier molecular flexibility index (Phi) is 7.34. The van der Waals surface area contributed by atoms with Crippen molar-refractivity contribution in [2.75, 3.05) is 18.8 Å². The number of sulfone groups is 1. The van der Waals surface area contributed by atoms with Crippen LogP contribution >= 0.6 is 11.3 Å². The summed E-state index contributed by atoms with van der Waals surface area (Å²) in [6, 6.07) is 19.7. The molecule has 0 radical (unpaired) electrons. The number of hydroxylamine groups is 1. The van der Waals surface area contributed by atoms with Gasteiger partial charge in [-0.1, -0.05) is 47.6 Å². The van der Waals surface area contributed by atoms with Gasteiger partial charge in [0, 0.05) is 40.9 Å². The second kappa shape index (κ2) is 10.7. The second-order valence-corrected chi connectivity index (χ2v) is 12.8. The van der Waals surface area contributed by atoms with E-state index in [1.807, 2.05) is 30.3 Å². The Morgan fingerprint density at radius 1 is 1.05 bits per heavy atom. The summed E-state index contributed by atoms with van der Waals surface area (Å²) in [6.07, 6.45) is -0.452. The highest BCUT2D eigenvalue weighted by molar-refractivity contribution is 7.92. The van der Waals surface area contributed by atoms with Gasteiger partial charge in [-0.2, -0.15) is 4.98 Å². The van der Waals surface area contributed by atoms with Gasteiger partial charge in [-0.3, -0.25) is 14.8 Å². The zero-order chi connectivity index (χ0) is 27.6. The lowest BCUT2D eigenvalue weighted by molar-refractivity contribution is -0.129. The van der Waals surface area contributed by atoms with Crippen LogP contribution in [0.25, 0.3) is 21.8 Å².